The molecule has 0 aliphatic heterocycles. The van der Waals surface area contributed by atoms with Crippen molar-refractivity contribution in [2.24, 2.45) is 0 Å². The highest BCUT2D eigenvalue weighted by Gasteiger charge is 2.10. The summed E-state index contributed by atoms with van der Waals surface area (Å²) in [5.74, 6) is 0.286. The van der Waals surface area contributed by atoms with Crippen molar-refractivity contribution in [3.63, 3.8) is 0 Å². The molecule has 0 bridgehead atoms. The molecule has 0 aliphatic carbocycles. The standard InChI is InChI=1S/C21H23F2NO3/c1-4-14(2)16-7-9-17(10-8-16)24-20(25)12-6-15-5-11-18(27-21(22)23)19(13-15)26-3/h5-14,21H,4H2,1-3H3,(H,24,25)/b12-6+/t14-/m1/s1. The van der Waals surface area contributed by atoms with Gasteiger partial charge in [-0.1, -0.05) is 32.0 Å². The number of methoxy groups -OCH3 is 1. The number of ether oxygens (including phenoxy) is 2. The van der Waals surface area contributed by atoms with Crippen molar-refractivity contribution in [1.82, 2.24) is 0 Å². The summed E-state index contributed by atoms with van der Waals surface area (Å²) in [7, 11) is 1.36. The Bertz CT molecular complexity index is 789. The minimum Gasteiger partial charge on any atom is -0.493 e. The lowest BCUT2D eigenvalue weighted by Gasteiger charge is -2.10. The van der Waals surface area contributed by atoms with Crippen molar-refractivity contribution in [2.75, 3.05) is 12.4 Å². The molecule has 0 unspecified atom stereocenters. The fourth-order valence-electron chi connectivity index (χ4n) is 2.47. The van der Waals surface area contributed by atoms with Gasteiger partial charge in [0.25, 0.3) is 0 Å². The molecule has 1 atom stereocenters. The first kappa shape index (κ1) is 20.4. The van der Waals surface area contributed by atoms with Gasteiger partial charge < -0.3 is 14.8 Å². The van der Waals surface area contributed by atoms with E-state index in [1.807, 2.05) is 24.3 Å². The van der Waals surface area contributed by atoms with Crippen LogP contribution in [0.4, 0.5) is 14.5 Å². The van der Waals surface area contributed by atoms with Gasteiger partial charge in [0.1, 0.15) is 0 Å². The number of amides is 1. The number of rotatable bonds is 8. The third kappa shape index (κ3) is 6.09. The van der Waals surface area contributed by atoms with Crippen LogP contribution in [-0.2, 0) is 4.79 Å². The zero-order valence-electron chi connectivity index (χ0n) is 15.5. The third-order valence-corrected chi connectivity index (χ3v) is 4.19. The molecule has 27 heavy (non-hydrogen) atoms. The highest BCUT2D eigenvalue weighted by molar-refractivity contribution is 6.01. The van der Waals surface area contributed by atoms with Crippen LogP contribution in [0, 0.1) is 0 Å². The number of carbonyl (C=O) groups excluding carboxylic acids is 1. The number of hydrogen-bond acceptors (Lipinski definition) is 3. The first-order chi connectivity index (χ1) is 12.9. The first-order valence-electron chi connectivity index (χ1n) is 8.64. The summed E-state index contributed by atoms with van der Waals surface area (Å²) in [6.07, 6.45) is 3.99. The Hall–Kier alpha value is -2.89. The van der Waals surface area contributed by atoms with Crippen LogP contribution in [-0.4, -0.2) is 19.6 Å². The number of carbonyl (C=O) groups is 1. The average molecular weight is 375 g/mol. The van der Waals surface area contributed by atoms with Crippen LogP contribution < -0.4 is 14.8 Å². The Balaban J connectivity index is 2.01. The summed E-state index contributed by atoms with van der Waals surface area (Å²) in [5, 5.41) is 2.78. The van der Waals surface area contributed by atoms with E-state index in [1.165, 1.54) is 30.9 Å². The summed E-state index contributed by atoms with van der Waals surface area (Å²) in [5.41, 5.74) is 2.55. The zero-order chi connectivity index (χ0) is 19.8. The minimum atomic E-state index is -2.93. The molecule has 0 aliphatic rings. The van der Waals surface area contributed by atoms with Gasteiger partial charge in [0.2, 0.25) is 5.91 Å². The van der Waals surface area contributed by atoms with Gasteiger partial charge in [-0.15, -0.1) is 0 Å². The molecule has 1 amide bonds. The lowest BCUT2D eigenvalue weighted by atomic mass is 9.99. The summed E-state index contributed by atoms with van der Waals surface area (Å²) in [6, 6.07) is 12.2. The Morgan fingerprint density at radius 3 is 2.44 bits per heavy atom. The average Bonchev–Trinajstić information content (AvgIpc) is 2.66. The van der Waals surface area contributed by atoms with Crippen molar-refractivity contribution in [3.8, 4) is 11.5 Å². The number of anilines is 1. The molecule has 2 aromatic rings. The summed E-state index contributed by atoms with van der Waals surface area (Å²) in [6.45, 7) is 1.35. The van der Waals surface area contributed by atoms with E-state index < -0.39 is 6.61 Å². The van der Waals surface area contributed by atoms with Crippen molar-refractivity contribution in [3.05, 3.63) is 59.7 Å². The van der Waals surface area contributed by atoms with Gasteiger partial charge in [0.15, 0.2) is 11.5 Å². The normalized spacial score (nSPS) is 12.2. The monoisotopic (exact) mass is 375 g/mol. The summed E-state index contributed by atoms with van der Waals surface area (Å²) in [4.78, 5) is 12.1. The largest absolute Gasteiger partial charge is 0.493 e. The second-order valence-corrected chi connectivity index (χ2v) is 6.04. The van der Waals surface area contributed by atoms with Crippen LogP contribution in [0.1, 0.15) is 37.3 Å². The molecule has 144 valence electrons. The highest BCUT2D eigenvalue weighted by Crippen LogP contribution is 2.29. The number of benzene rings is 2. The molecule has 1 N–H and O–H groups in total. The SMILES string of the molecule is CC[C@@H](C)c1ccc(NC(=O)/C=C/c2ccc(OC(F)F)c(OC)c2)cc1. The van der Waals surface area contributed by atoms with Gasteiger partial charge in [-0.05, 0) is 53.8 Å². The Morgan fingerprint density at radius 2 is 1.85 bits per heavy atom. The second kappa shape index (κ2) is 9.71. The molecular formula is C21H23F2NO3. The van der Waals surface area contributed by atoms with Crippen LogP contribution in [0.25, 0.3) is 6.08 Å². The molecule has 0 radical (unpaired) electrons. The van der Waals surface area contributed by atoms with Gasteiger partial charge in [-0.25, -0.2) is 0 Å². The number of hydrogen-bond donors (Lipinski definition) is 1. The quantitative estimate of drug-likeness (QED) is 0.623. The Morgan fingerprint density at radius 1 is 1.15 bits per heavy atom. The van der Waals surface area contributed by atoms with Crippen molar-refractivity contribution in [2.45, 2.75) is 32.8 Å². The van der Waals surface area contributed by atoms with E-state index in [-0.39, 0.29) is 17.4 Å². The lowest BCUT2D eigenvalue weighted by Crippen LogP contribution is -2.07. The predicted molar refractivity (Wildman–Crippen MR) is 102 cm³/mol. The van der Waals surface area contributed by atoms with Crippen molar-refractivity contribution >= 4 is 17.7 Å². The minimum absolute atomic E-state index is 0.0597. The van der Waals surface area contributed by atoms with E-state index in [1.54, 1.807) is 12.1 Å². The number of alkyl halides is 2. The molecule has 6 heteroatoms. The fourth-order valence-corrected chi connectivity index (χ4v) is 2.47. The van der Waals surface area contributed by atoms with Gasteiger partial charge >= 0.3 is 6.61 Å². The zero-order valence-corrected chi connectivity index (χ0v) is 15.5. The Kier molecular flexibility index (Phi) is 7.34. The lowest BCUT2D eigenvalue weighted by molar-refractivity contribution is -0.111. The number of halogens is 2. The maximum Gasteiger partial charge on any atom is 0.387 e. The molecule has 0 spiro atoms. The summed E-state index contributed by atoms with van der Waals surface area (Å²) >= 11 is 0. The molecule has 0 fully saturated rings. The van der Waals surface area contributed by atoms with E-state index in [0.717, 1.165) is 6.42 Å². The van der Waals surface area contributed by atoms with Crippen molar-refractivity contribution in [1.29, 1.82) is 0 Å². The predicted octanol–water partition coefficient (Wildman–Crippen LogP) is 5.46. The van der Waals surface area contributed by atoms with Crippen molar-refractivity contribution < 1.29 is 23.0 Å². The molecule has 0 heterocycles. The molecule has 0 saturated heterocycles. The number of nitrogens with one attached hydrogen (secondary N) is 1. The molecule has 0 saturated carbocycles. The van der Waals surface area contributed by atoms with E-state index >= 15 is 0 Å². The molecule has 2 aromatic carbocycles. The maximum atomic E-state index is 12.3. The fraction of sp³-hybridized carbons (Fsp3) is 0.286. The Labute approximate surface area is 157 Å². The van der Waals surface area contributed by atoms with Gasteiger partial charge in [-0.3, -0.25) is 4.79 Å². The van der Waals surface area contributed by atoms with Gasteiger partial charge in [0.05, 0.1) is 7.11 Å². The van der Waals surface area contributed by atoms with E-state index in [0.29, 0.717) is 17.2 Å². The maximum absolute atomic E-state index is 12.3. The van der Waals surface area contributed by atoms with Crippen LogP contribution in [0.15, 0.2) is 48.5 Å². The van der Waals surface area contributed by atoms with Gasteiger partial charge in [-0.2, -0.15) is 8.78 Å². The van der Waals surface area contributed by atoms with Crippen LogP contribution in [0.3, 0.4) is 0 Å². The second-order valence-electron chi connectivity index (χ2n) is 6.04. The first-order valence-corrected chi connectivity index (χ1v) is 8.64. The molecule has 0 aromatic heterocycles. The van der Waals surface area contributed by atoms with Gasteiger partial charge in [0, 0.05) is 11.8 Å². The summed E-state index contributed by atoms with van der Waals surface area (Å²) < 4.78 is 34.1. The van der Waals surface area contributed by atoms with Crippen LogP contribution >= 0.6 is 0 Å². The van der Waals surface area contributed by atoms with E-state index in [9.17, 15) is 13.6 Å². The molecule has 2 rings (SSSR count). The molecule has 4 nitrogen and oxygen atoms in total. The van der Waals surface area contributed by atoms with Crippen LogP contribution in [0.2, 0.25) is 0 Å². The third-order valence-electron chi connectivity index (χ3n) is 4.19. The van der Waals surface area contributed by atoms with Crippen LogP contribution in [0.5, 0.6) is 11.5 Å². The van der Waals surface area contributed by atoms with E-state index in [2.05, 4.69) is 23.9 Å². The van der Waals surface area contributed by atoms with E-state index in [4.69, 9.17) is 4.74 Å². The topological polar surface area (TPSA) is 47.6 Å². The molecular weight excluding hydrogens is 352 g/mol. The highest BCUT2D eigenvalue weighted by atomic mass is 19.3. The smallest absolute Gasteiger partial charge is 0.387 e.